The van der Waals surface area contributed by atoms with Crippen LogP contribution in [0.1, 0.15) is 50.7 Å². The number of carbonyl (C=O) groups is 3. The molecule has 2 aromatic carbocycles. The van der Waals surface area contributed by atoms with Crippen LogP contribution in [-0.4, -0.2) is 73.9 Å². The SMILES string of the molecule is CCN(CC)C(=O)c1cc(NC(=O)c2cccs2)ccc1N1CCCN(C(=O)c2ccc(OC)cc2)CC1. The molecule has 0 spiro atoms. The zero-order valence-electron chi connectivity index (χ0n) is 22.1. The van der Waals surface area contributed by atoms with Crippen molar-refractivity contribution in [1.29, 1.82) is 0 Å². The molecule has 1 fully saturated rings. The first kappa shape index (κ1) is 27.2. The minimum Gasteiger partial charge on any atom is -0.497 e. The number of ether oxygens (including phenoxy) is 1. The van der Waals surface area contributed by atoms with Gasteiger partial charge in [0, 0.05) is 56.2 Å². The molecule has 38 heavy (non-hydrogen) atoms. The minimum atomic E-state index is -0.198. The van der Waals surface area contributed by atoms with Crippen LogP contribution in [0.4, 0.5) is 11.4 Å². The first-order valence-electron chi connectivity index (χ1n) is 12.9. The van der Waals surface area contributed by atoms with Crippen molar-refractivity contribution >= 4 is 40.4 Å². The van der Waals surface area contributed by atoms with Crippen LogP contribution in [-0.2, 0) is 0 Å². The van der Waals surface area contributed by atoms with Gasteiger partial charge in [0.1, 0.15) is 5.75 Å². The average Bonchev–Trinajstić information content (AvgIpc) is 3.39. The van der Waals surface area contributed by atoms with E-state index >= 15 is 0 Å². The van der Waals surface area contributed by atoms with Crippen molar-refractivity contribution in [3.8, 4) is 5.75 Å². The van der Waals surface area contributed by atoms with Crippen LogP contribution in [0.3, 0.4) is 0 Å². The largest absolute Gasteiger partial charge is 0.497 e. The number of nitrogens with one attached hydrogen (secondary N) is 1. The van der Waals surface area contributed by atoms with Crippen molar-refractivity contribution in [3.63, 3.8) is 0 Å². The van der Waals surface area contributed by atoms with Gasteiger partial charge in [-0.2, -0.15) is 0 Å². The van der Waals surface area contributed by atoms with E-state index in [2.05, 4.69) is 10.2 Å². The fourth-order valence-corrected chi connectivity index (χ4v) is 5.24. The fraction of sp³-hybridized carbons (Fsp3) is 0.345. The van der Waals surface area contributed by atoms with Gasteiger partial charge in [0.15, 0.2) is 0 Å². The summed E-state index contributed by atoms with van der Waals surface area (Å²) in [7, 11) is 1.60. The summed E-state index contributed by atoms with van der Waals surface area (Å²) in [5, 5.41) is 4.78. The zero-order valence-corrected chi connectivity index (χ0v) is 22.9. The molecule has 8 nitrogen and oxygen atoms in total. The molecule has 0 bridgehead atoms. The third-order valence-corrected chi connectivity index (χ3v) is 7.61. The summed E-state index contributed by atoms with van der Waals surface area (Å²) in [4.78, 5) is 45.8. The van der Waals surface area contributed by atoms with E-state index < -0.39 is 0 Å². The van der Waals surface area contributed by atoms with E-state index in [4.69, 9.17) is 4.74 Å². The third kappa shape index (κ3) is 6.16. The van der Waals surface area contributed by atoms with Gasteiger partial charge >= 0.3 is 0 Å². The Kier molecular flexibility index (Phi) is 9.02. The standard InChI is InChI=1S/C29H34N4O4S/c1-4-31(5-2)29(36)24-20-22(30-27(34)26-8-6-19-38-26)11-14-25(24)32-15-7-16-33(18-17-32)28(35)21-9-12-23(37-3)13-10-21/h6,8-14,19-20H,4-5,7,15-18H2,1-3H3,(H,30,34). The summed E-state index contributed by atoms with van der Waals surface area (Å²) in [5.41, 5.74) is 2.57. The highest BCUT2D eigenvalue weighted by atomic mass is 32.1. The number of carbonyl (C=O) groups excluding carboxylic acids is 3. The molecule has 1 aliphatic heterocycles. The molecule has 0 aliphatic carbocycles. The van der Waals surface area contributed by atoms with Crippen LogP contribution in [0.25, 0.3) is 0 Å². The van der Waals surface area contributed by atoms with Gasteiger partial charge < -0.3 is 24.8 Å². The predicted octanol–water partition coefficient (Wildman–Crippen LogP) is 4.84. The number of amides is 3. The lowest BCUT2D eigenvalue weighted by atomic mass is 10.1. The monoisotopic (exact) mass is 534 g/mol. The number of nitrogens with zero attached hydrogens (tertiary/aromatic N) is 3. The van der Waals surface area contributed by atoms with Gasteiger partial charge in [-0.3, -0.25) is 14.4 Å². The van der Waals surface area contributed by atoms with Crippen LogP contribution in [0.2, 0.25) is 0 Å². The van der Waals surface area contributed by atoms with E-state index in [-0.39, 0.29) is 17.7 Å². The van der Waals surface area contributed by atoms with E-state index in [1.165, 1.54) is 11.3 Å². The lowest BCUT2D eigenvalue weighted by molar-refractivity contribution is 0.0760. The summed E-state index contributed by atoms with van der Waals surface area (Å²) in [6.45, 7) is 7.58. The van der Waals surface area contributed by atoms with Gasteiger partial charge in [-0.1, -0.05) is 6.07 Å². The Balaban J connectivity index is 1.55. The highest BCUT2D eigenvalue weighted by Crippen LogP contribution is 2.28. The third-order valence-electron chi connectivity index (χ3n) is 6.74. The molecule has 1 saturated heterocycles. The number of hydrogen-bond acceptors (Lipinski definition) is 6. The van der Waals surface area contributed by atoms with Crippen molar-refractivity contribution in [2.75, 3.05) is 56.6 Å². The Morgan fingerprint density at radius 3 is 2.39 bits per heavy atom. The predicted molar refractivity (Wildman–Crippen MR) is 152 cm³/mol. The van der Waals surface area contributed by atoms with Crippen molar-refractivity contribution in [3.05, 3.63) is 76.0 Å². The van der Waals surface area contributed by atoms with Crippen molar-refractivity contribution in [2.24, 2.45) is 0 Å². The first-order chi connectivity index (χ1) is 18.4. The number of hydrogen-bond donors (Lipinski definition) is 1. The van der Waals surface area contributed by atoms with Crippen LogP contribution >= 0.6 is 11.3 Å². The number of benzene rings is 2. The van der Waals surface area contributed by atoms with E-state index in [0.29, 0.717) is 66.7 Å². The molecule has 1 aliphatic rings. The molecule has 4 rings (SSSR count). The Hall–Kier alpha value is -3.85. The summed E-state index contributed by atoms with van der Waals surface area (Å²) in [6.07, 6.45) is 0.775. The molecule has 3 aromatic rings. The molecule has 0 saturated carbocycles. The maximum atomic E-state index is 13.5. The fourth-order valence-electron chi connectivity index (χ4n) is 4.62. The normalized spacial score (nSPS) is 13.6. The van der Waals surface area contributed by atoms with E-state index in [9.17, 15) is 14.4 Å². The highest BCUT2D eigenvalue weighted by Gasteiger charge is 2.25. The Labute approximate surface area is 227 Å². The number of anilines is 2. The Morgan fingerprint density at radius 2 is 1.74 bits per heavy atom. The first-order valence-corrected chi connectivity index (χ1v) is 13.8. The van der Waals surface area contributed by atoms with Gasteiger partial charge in [0.2, 0.25) is 0 Å². The molecule has 9 heteroatoms. The van der Waals surface area contributed by atoms with E-state index in [1.54, 1.807) is 48.4 Å². The number of thiophene rings is 1. The molecule has 0 unspecified atom stereocenters. The van der Waals surface area contributed by atoms with E-state index in [1.807, 2.05) is 42.3 Å². The van der Waals surface area contributed by atoms with Gasteiger partial charge in [-0.15, -0.1) is 11.3 Å². The summed E-state index contributed by atoms with van der Waals surface area (Å²) >= 11 is 1.37. The van der Waals surface area contributed by atoms with Crippen LogP contribution in [0.15, 0.2) is 60.0 Å². The second-order valence-corrected chi connectivity index (χ2v) is 9.95. The minimum absolute atomic E-state index is 0.0134. The van der Waals surface area contributed by atoms with Gasteiger partial charge in [0.25, 0.3) is 17.7 Å². The summed E-state index contributed by atoms with van der Waals surface area (Å²) in [6, 6.07) is 16.3. The highest BCUT2D eigenvalue weighted by molar-refractivity contribution is 7.12. The van der Waals surface area contributed by atoms with Gasteiger partial charge in [0.05, 0.1) is 17.6 Å². The summed E-state index contributed by atoms with van der Waals surface area (Å²) in [5.74, 6) is 0.425. The lowest BCUT2D eigenvalue weighted by Crippen LogP contribution is -2.36. The van der Waals surface area contributed by atoms with Crippen molar-refractivity contribution < 1.29 is 19.1 Å². The lowest BCUT2D eigenvalue weighted by Gasteiger charge is -2.28. The molecule has 1 aromatic heterocycles. The molecule has 3 amide bonds. The molecule has 1 N–H and O–H groups in total. The molecular weight excluding hydrogens is 500 g/mol. The molecular formula is C29H34N4O4S. The van der Waals surface area contributed by atoms with Crippen LogP contribution in [0, 0.1) is 0 Å². The van der Waals surface area contributed by atoms with Gasteiger partial charge in [-0.25, -0.2) is 0 Å². The average molecular weight is 535 g/mol. The molecule has 0 radical (unpaired) electrons. The molecule has 0 atom stereocenters. The zero-order chi connectivity index (χ0) is 27.1. The Morgan fingerprint density at radius 1 is 0.974 bits per heavy atom. The van der Waals surface area contributed by atoms with Crippen molar-refractivity contribution in [2.45, 2.75) is 20.3 Å². The quantitative estimate of drug-likeness (QED) is 0.447. The van der Waals surface area contributed by atoms with E-state index in [0.717, 1.165) is 12.1 Å². The number of methoxy groups -OCH3 is 1. The second kappa shape index (κ2) is 12.6. The second-order valence-electron chi connectivity index (χ2n) is 9.00. The van der Waals surface area contributed by atoms with Crippen LogP contribution < -0.4 is 15.0 Å². The Bertz CT molecular complexity index is 1260. The van der Waals surface area contributed by atoms with Gasteiger partial charge in [-0.05, 0) is 74.2 Å². The molecule has 2 heterocycles. The van der Waals surface area contributed by atoms with Crippen molar-refractivity contribution in [1.82, 2.24) is 9.80 Å². The number of rotatable bonds is 8. The summed E-state index contributed by atoms with van der Waals surface area (Å²) < 4.78 is 5.20. The maximum absolute atomic E-state index is 13.5. The topological polar surface area (TPSA) is 82.2 Å². The van der Waals surface area contributed by atoms with Crippen LogP contribution in [0.5, 0.6) is 5.75 Å². The maximum Gasteiger partial charge on any atom is 0.265 e. The molecule has 200 valence electrons. The smallest absolute Gasteiger partial charge is 0.265 e.